The second-order valence-electron chi connectivity index (χ2n) is 2.21. The van der Waals surface area contributed by atoms with Gasteiger partial charge in [-0.1, -0.05) is 0 Å². The number of allylic oxidation sites excluding steroid dienone is 1. The van der Waals surface area contributed by atoms with Crippen molar-refractivity contribution in [2.24, 2.45) is 0 Å². The van der Waals surface area contributed by atoms with E-state index in [-0.39, 0.29) is 6.61 Å². The Kier molecular flexibility index (Phi) is 5.29. The Morgan fingerprint density at radius 2 is 2.22 bits per heavy atom. The monoisotopic (exact) mass is 126 g/mol. The molecule has 0 aromatic rings. The second kappa shape index (κ2) is 5.61. The average Bonchev–Trinajstić information content (AvgIpc) is 1.80. The predicted molar refractivity (Wildman–Crippen MR) is 39.3 cm³/mol. The van der Waals surface area contributed by atoms with Crippen LogP contribution in [-0.4, -0.2) is 11.7 Å². The minimum absolute atomic E-state index is 0.279. The molecular formula is C8H14O. The van der Waals surface area contributed by atoms with Gasteiger partial charge in [-0.2, -0.15) is 0 Å². The zero-order valence-corrected chi connectivity index (χ0v) is 6.15. The van der Waals surface area contributed by atoms with Gasteiger partial charge in [-0.25, -0.2) is 0 Å². The van der Waals surface area contributed by atoms with Crippen LogP contribution in [0.1, 0.15) is 26.7 Å². The first-order valence-corrected chi connectivity index (χ1v) is 3.26. The summed E-state index contributed by atoms with van der Waals surface area (Å²) in [5.74, 6) is 0. The Morgan fingerprint density at radius 1 is 1.56 bits per heavy atom. The lowest BCUT2D eigenvalue weighted by atomic mass is 10.3. The summed E-state index contributed by atoms with van der Waals surface area (Å²) >= 11 is 0. The number of hydrogen-bond acceptors (Lipinski definition) is 1. The zero-order valence-electron chi connectivity index (χ0n) is 6.15. The molecule has 0 aliphatic heterocycles. The summed E-state index contributed by atoms with van der Waals surface area (Å²) in [4.78, 5) is 0. The minimum atomic E-state index is 0.279. The van der Waals surface area contributed by atoms with Crippen LogP contribution < -0.4 is 0 Å². The van der Waals surface area contributed by atoms with Crippen LogP contribution in [-0.2, 0) is 0 Å². The molecule has 0 radical (unpaired) electrons. The zero-order chi connectivity index (χ0) is 7.11. The Bertz CT molecular complexity index is 115. The summed E-state index contributed by atoms with van der Waals surface area (Å²) in [5.41, 5.74) is 4.25. The molecule has 1 heteroatoms. The third-order valence-electron chi connectivity index (χ3n) is 0.897. The molecular weight excluding hydrogens is 112 g/mol. The SMILES string of the molecule is CC(C)=C=CCCCO. The minimum Gasteiger partial charge on any atom is -0.396 e. The van der Waals surface area contributed by atoms with Crippen molar-refractivity contribution < 1.29 is 5.11 Å². The van der Waals surface area contributed by atoms with E-state index in [4.69, 9.17) is 5.11 Å². The van der Waals surface area contributed by atoms with Gasteiger partial charge in [0.05, 0.1) is 0 Å². The molecule has 0 unspecified atom stereocenters. The maximum absolute atomic E-state index is 8.38. The Morgan fingerprint density at radius 3 is 2.67 bits per heavy atom. The van der Waals surface area contributed by atoms with Gasteiger partial charge in [0.1, 0.15) is 0 Å². The molecule has 0 aromatic carbocycles. The maximum Gasteiger partial charge on any atom is 0.0434 e. The summed E-state index contributed by atoms with van der Waals surface area (Å²) in [6, 6.07) is 0. The van der Waals surface area contributed by atoms with Crippen LogP contribution in [0.3, 0.4) is 0 Å². The van der Waals surface area contributed by atoms with Crippen molar-refractivity contribution in [1.29, 1.82) is 0 Å². The number of unbranched alkanes of at least 4 members (excludes halogenated alkanes) is 1. The first kappa shape index (κ1) is 8.48. The Hall–Kier alpha value is -0.520. The molecule has 52 valence electrons. The van der Waals surface area contributed by atoms with Gasteiger partial charge in [0, 0.05) is 6.61 Å². The molecule has 0 amide bonds. The summed E-state index contributed by atoms with van der Waals surface area (Å²) in [7, 11) is 0. The van der Waals surface area contributed by atoms with Crippen molar-refractivity contribution in [3.8, 4) is 0 Å². The normalized spacial score (nSPS) is 8.33. The van der Waals surface area contributed by atoms with Crippen molar-refractivity contribution in [1.82, 2.24) is 0 Å². The number of aliphatic hydroxyl groups excluding tert-OH is 1. The van der Waals surface area contributed by atoms with Gasteiger partial charge in [-0.05, 0) is 38.3 Å². The summed E-state index contributed by atoms with van der Waals surface area (Å²) in [6.07, 6.45) is 3.74. The van der Waals surface area contributed by atoms with Crippen molar-refractivity contribution in [3.63, 3.8) is 0 Å². The molecule has 0 spiro atoms. The van der Waals surface area contributed by atoms with Gasteiger partial charge < -0.3 is 5.11 Å². The van der Waals surface area contributed by atoms with Crippen molar-refractivity contribution in [3.05, 3.63) is 17.4 Å². The predicted octanol–water partition coefficient (Wildman–Crippen LogP) is 1.88. The van der Waals surface area contributed by atoms with Crippen LogP contribution in [0.4, 0.5) is 0 Å². The van der Waals surface area contributed by atoms with E-state index in [1.54, 1.807) is 0 Å². The van der Waals surface area contributed by atoms with Gasteiger partial charge in [-0.3, -0.25) is 0 Å². The highest BCUT2D eigenvalue weighted by molar-refractivity contribution is 4.93. The molecule has 0 aromatic heterocycles. The Labute approximate surface area is 56.7 Å². The quantitative estimate of drug-likeness (QED) is 0.452. The molecule has 0 saturated carbocycles. The molecule has 1 nitrogen and oxygen atoms in total. The lowest BCUT2D eigenvalue weighted by Gasteiger charge is -1.84. The molecule has 0 fully saturated rings. The first-order valence-electron chi connectivity index (χ1n) is 3.26. The number of rotatable bonds is 3. The van der Waals surface area contributed by atoms with E-state index in [0.717, 1.165) is 12.8 Å². The summed E-state index contributed by atoms with van der Waals surface area (Å²) in [6.45, 7) is 4.30. The topological polar surface area (TPSA) is 20.2 Å². The van der Waals surface area contributed by atoms with E-state index in [9.17, 15) is 0 Å². The molecule has 0 aliphatic carbocycles. The largest absolute Gasteiger partial charge is 0.396 e. The molecule has 0 heterocycles. The number of aliphatic hydroxyl groups is 1. The van der Waals surface area contributed by atoms with Crippen LogP contribution in [0.15, 0.2) is 17.4 Å². The van der Waals surface area contributed by atoms with Gasteiger partial charge in [0.25, 0.3) is 0 Å². The highest BCUT2D eigenvalue weighted by atomic mass is 16.2. The fourth-order valence-electron chi connectivity index (χ4n) is 0.470. The van der Waals surface area contributed by atoms with Crippen molar-refractivity contribution >= 4 is 0 Å². The molecule has 9 heavy (non-hydrogen) atoms. The first-order chi connectivity index (χ1) is 4.27. The molecule has 0 bridgehead atoms. The van der Waals surface area contributed by atoms with Gasteiger partial charge in [-0.15, -0.1) is 5.73 Å². The van der Waals surface area contributed by atoms with E-state index in [0.29, 0.717) is 0 Å². The van der Waals surface area contributed by atoms with Gasteiger partial charge in [0.2, 0.25) is 0 Å². The van der Waals surface area contributed by atoms with Crippen molar-refractivity contribution in [2.75, 3.05) is 6.61 Å². The maximum atomic E-state index is 8.38. The van der Waals surface area contributed by atoms with Crippen LogP contribution in [0.5, 0.6) is 0 Å². The van der Waals surface area contributed by atoms with Gasteiger partial charge >= 0.3 is 0 Å². The third-order valence-corrected chi connectivity index (χ3v) is 0.897. The van der Waals surface area contributed by atoms with Crippen LogP contribution >= 0.6 is 0 Å². The lowest BCUT2D eigenvalue weighted by Crippen LogP contribution is -1.77. The standard InChI is InChI=1S/C8H14O/c1-8(2)6-4-3-5-7-9/h4,9H,3,5,7H2,1-2H3. The highest BCUT2D eigenvalue weighted by Gasteiger charge is 1.75. The van der Waals surface area contributed by atoms with E-state index >= 15 is 0 Å². The van der Waals surface area contributed by atoms with E-state index in [1.165, 1.54) is 5.57 Å². The molecule has 1 N–H and O–H groups in total. The summed E-state index contributed by atoms with van der Waals surface area (Å²) in [5, 5.41) is 8.38. The fraction of sp³-hybridized carbons (Fsp3) is 0.625. The van der Waals surface area contributed by atoms with Crippen LogP contribution in [0.2, 0.25) is 0 Å². The van der Waals surface area contributed by atoms with Crippen LogP contribution in [0.25, 0.3) is 0 Å². The number of hydrogen-bond donors (Lipinski definition) is 1. The average molecular weight is 126 g/mol. The van der Waals surface area contributed by atoms with E-state index in [1.807, 2.05) is 19.9 Å². The van der Waals surface area contributed by atoms with Crippen LogP contribution in [0, 0.1) is 0 Å². The second-order valence-corrected chi connectivity index (χ2v) is 2.21. The fourth-order valence-corrected chi connectivity index (χ4v) is 0.470. The van der Waals surface area contributed by atoms with E-state index < -0.39 is 0 Å². The summed E-state index contributed by atoms with van der Waals surface area (Å²) < 4.78 is 0. The van der Waals surface area contributed by atoms with Gasteiger partial charge in [0.15, 0.2) is 0 Å². The molecule has 0 saturated heterocycles. The molecule has 0 atom stereocenters. The smallest absolute Gasteiger partial charge is 0.0434 e. The lowest BCUT2D eigenvalue weighted by molar-refractivity contribution is 0.289. The molecule has 0 aliphatic rings. The van der Waals surface area contributed by atoms with E-state index in [2.05, 4.69) is 5.73 Å². The Balaban J connectivity index is 3.36. The van der Waals surface area contributed by atoms with Crippen molar-refractivity contribution in [2.45, 2.75) is 26.7 Å². The molecule has 0 rings (SSSR count). The highest BCUT2D eigenvalue weighted by Crippen LogP contribution is 1.89. The third kappa shape index (κ3) is 7.48.